The van der Waals surface area contributed by atoms with Crippen LogP contribution in [-0.4, -0.2) is 62.2 Å². The fraction of sp³-hybridized carbons (Fsp3) is 0.167. The highest BCUT2D eigenvalue weighted by atomic mass is 19.2. The van der Waals surface area contributed by atoms with E-state index in [1.54, 1.807) is 16.9 Å². The predicted octanol–water partition coefficient (Wildman–Crippen LogP) is 5.05. The summed E-state index contributed by atoms with van der Waals surface area (Å²) < 4.78 is 60.2. The lowest BCUT2D eigenvalue weighted by atomic mass is 10.0. The minimum atomic E-state index is -1.43. The lowest BCUT2D eigenvalue weighted by Gasteiger charge is -2.35. The SMILES string of the molecule is O=C(/C=C(/O)c1cc(Cc2c(F)ccc(F)c2F)cn(Cc2ccccc2F)c1=O)C(=O)N1CCN(c2ccc(-n3cccn3)cc2)CC1. The molecule has 49 heavy (non-hydrogen) atoms. The zero-order chi connectivity index (χ0) is 34.7. The first kappa shape index (κ1) is 32.9. The smallest absolute Gasteiger partial charge is 0.294 e. The topological polar surface area (TPSA) is 101 Å². The van der Waals surface area contributed by atoms with Crippen molar-refractivity contribution >= 4 is 23.1 Å². The number of halogens is 4. The molecule has 0 aliphatic carbocycles. The number of hydrogen-bond donors (Lipinski definition) is 1. The number of nitrogens with zero attached hydrogens (tertiary/aromatic N) is 5. The average Bonchev–Trinajstić information content (AvgIpc) is 3.66. The van der Waals surface area contributed by atoms with Crippen molar-refractivity contribution in [2.24, 2.45) is 0 Å². The summed E-state index contributed by atoms with van der Waals surface area (Å²) in [6.07, 6.45) is 4.78. The maximum atomic E-state index is 14.5. The third-order valence-electron chi connectivity index (χ3n) is 8.27. The van der Waals surface area contributed by atoms with Gasteiger partial charge in [0, 0.05) is 74.1 Å². The van der Waals surface area contributed by atoms with Crippen molar-refractivity contribution in [3.05, 3.63) is 153 Å². The fourth-order valence-electron chi connectivity index (χ4n) is 5.67. The van der Waals surface area contributed by atoms with Crippen molar-refractivity contribution < 1.29 is 32.3 Å². The minimum Gasteiger partial charge on any atom is -0.507 e. The number of aromatic nitrogens is 3. The van der Waals surface area contributed by atoms with Crippen LogP contribution < -0.4 is 10.5 Å². The third kappa shape index (κ3) is 7.15. The molecule has 0 saturated carbocycles. The van der Waals surface area contributed by atoms with Crippen LogP contribution in [0.1, 0.15) is 22.3 Å². The molecule has 6 rings (SSSR count). The highest BCUT2D eigenvalue weighted by molar-refractivity contribution is 6.41. The number of aliphatic hydroxyl groups is 1. The van der Waals surface area contributed by atoms with Gasteiger partial charge in [0.1, 0.15) is 17.4 Å². The molecule has 0 unspecified atom stereocenters. The molecule has 0 bridgehead atoms. The number of carbonyl (C=O) groups is 2. The van der Waals surface area contributed by atoms with E-state index in [-0.39, 0.29) is 30.8 Å². The molecule has 0 atom stereocenters. The maximum absolute atomic E-state index is 14.5. The Morgan fingerprint density at radius 1 is 0.837 bits per heavy atom. The number of pyridine rings is 1. The van der Waals surface area contributed by atoms with Gasteiger partial charge in [0.05, 0.1) is 17.8 Å². The summed E-state index contributed by atoms with van der Waals surface area (Å²) >= 11 is 0. The van der Waals surface area contributed by atoms with E-state index in [1.807, 2.05) is 36.5 Å². The molecule has 1 aliphatic heterocycles. The van der Waals surface area contributed by atoms with E-state index in [9.17, 15) is 37.1 Å². The molecule has 5 aromatic rings. The number of piperazine rings is 1. The number of anilines is 1. The molecule has 1 fully saturated rings. The molecular weight excluding hydrogens is 642 g/mol. The fourth-order valence-corrected chi connectivity index (χ4v) is 5.67. The Kier molecular flexibility index (Phi) is 9.42. The van der Waals surface area contributed by atoms with Crippen LogP contribution in [0.25, 0.3) is 11.4 Å². The first-order chi connectivity index (χ1) is 23.6. The molecule has 250 valence electrons. The van der Waals surface area contributed by atoms with Gasteiger partial charge in [-0.15, -0.1) is 0 Å². The molecule has 9 nitrogen and oxygen atoms in total. The highest BCUT2D eigenvalue weighted by Gasteiger charge is 2.26. The van der Waals surface area contributed by atoms with Gasteiger partial charge in [0.15, 0.2) is 11.6 Å². The largest absolute Gasteiger partial charge is 0.507 e. The van der Waals surface area contributed by atoms with E-state index >= 15 is 0 Å². The lowest BCUT2D eigenvalue weighted by Crippen LogP contribution is -2.50. The second kappa shape index (κ2) is 14.0. The maximum Gasteiger partial charge on any atom is 0.294 e. The number of rotatable bonds is 9. The van der Waals surface area contributed by atoms with Gasteiger partial charge in [-0.1, -0.05) is 18.2 Å². The summed E-state index contributed by atoms with van der Waals surface area (Å²) in [6.45, 7) is 0.972. The third-order valence-corrected chi connectivity index (χ3v) is 8.27. The van der Waals surface area contributed by atoms with Gasteiger partial charge >= 0.3 is 0 Å². The van der Waals surface area contributed by atoms with E-state index in [1.165, 1.54) is 29.3 Å². The molecule has 13 heteroatoms. The van der Waals surface area contributed by atoms with Gasteiger partial charge < -0.3 is 19.5 Å². The number of benzene rings is 3. The number of amides is 1. The average molecular weight is 672 g/mol. The van der Waals surface area contributed by atoms with Crippen molar-refractivity contribution in [1.82, 2.24) is 19.2 Å². The van der Waals surface area contributed by atoms with Crippen LogP contribution in [-0.2, 0) is 22.6 Å². The van der Waals surface area contributed by atoms with E-state index in [0.29, 0.717) is 25.2 Å². The number of ketones is 1. The van der Waals surface area contributed by atoms with Gasteiger partial charge in [-0.2, -0.15) is 5.10 Å². The number of carbonyl (C=O) groups excluding carboxylic acids is 2. The first-order valence-corrected chi connectivity index (χ1v) is 15.3. The standard InChI is InChI=1S/C36H29F4N5O4/c37-29-5-2-1-4-24(29)22-44-21-23(18-27-30(38)10-11-31(39)34(27)40)19-28(35(44)48)32(46)20-33(47)36(49)43-16-14-42(15-17-43)25-6-8-26(9-7-25)45-13-3-12-41-45/h1-13,19-21,46H,14-18,22H2/b32-20+. The zero-order valence-electron chi connectivity index (χ0n) is 25.9. The van der Waals surface area contributed by atoms with Crippen LogP contribution >= 0.6 is 0 Å². The van der Waals surface area contributed by atoms with E-state index in [4.69, 9.17) is 0 Å². The predicted molar refractivity (Wildman–Crippen MR) is 173 cm³/mol. The summed E-state index contributed by atoms with van der Waals surface area (Å²) in [4.78, 5) is 42.9. The summed E-state index contributed by atoms with van der Waals surface area (Å²) in [5, 5.41) is 15.2. The zero-order valence-corrected chi connectivity index (χ0v) is 25.9. The monoisotopic (exact) mass is 671 g/mol. The van der Waals surface area contributed by atoms with Crippen molar-refractivity contribution in [3.63, 3.8) is 0 Å². The van der Waals surface area contributed by atoms with E-state index in [0.717, 1.165) is 28.1 Å². The van der Waals surface area contributed by atoms with E-state index in [2.05, 4.69) is 10.00 Å². The molecule has 1 aliphatic rings. The molecule has 2 aromatic heterocycles. The van der Waals surface area contributed by atoms with Gasteiger partial charge in [-0.05, 0) is 60.2 Å². The van der Waals surface area contributed by atoms with E-state index < -0.39 is 63.8 Å². The Bertz CT molecular complexity index is 2110. The van der Waals surface area contributed by atoms with Crippen molar-refractivity contribution in [2.75, 3.05) is 31.1 Å². The van der Waals surface area contributed by atoms with Gasteiger partial charge in [-0.25, -0.2) is 22.2 Å². The Morgan fingerprint density at radius 3 is 2.22 bits per heavy atom. The van der Waals surface area contributed by atoms with Crippen LogP contribution in [0.5, 0.6) is 0 Å². The molecule has 3 heterocycles. The molecule has 3 aromatic carbocycles. The number of aliphatic hydroxyl groups excluding tert-OH is 1. The van der Waals surface area contributed by atoms with Crippen molar-refractivity contribution in [3.8, 4) is 5.69 Å². The molecule has 0 radical (unpaired) electrons. The number of hydrogen-bond acceptors (Lipinski definition) is 6. The molecule has 1 N–H and O–H groups in total. The van der Waals surface area contributed by atoms with Crippen LogP contribution in [0, 0.1) is 23.3 Å². The second-order valence-corrected chi connectivity index (χ2v) is 11.4. The normalized spacial score (nSPS) is 13.5. The highest BCUT2D eigenvalue weighted by Crippen LogP contribution is 2.22. The van der Waals surface area contributed by atoms with Crippen LogP contribution in [0.2, 0.25) is 0 Å². The minimum absolute atomic E-state index is 0.0434. The molecule has 0 spiro atoms. The molecular formula is C36H29F4N5O4. The van der Waals surface area contributed by atoms with Crippen LogP contribution in [0.4, 0.5) is 23.2 Å². The lowest BCUT2D eigenvalue weighted by molar-refractivity contribution is -0.142. The van der Waals surface area contributed by atoms with Gasteiger partial charge in [-0.3, -0.25) is 14.4 Å². The molecule has 1 saturated heterocycles. The molecule has 1 amide bonds. The summed E-state index contributed by atoms with van der Waals surface area (Å²) in [5.41, 5.74) is -0.0249. The Labute approximate surface area is 277 Å². The first-order valence-electron chi connectivity index (χ1n) is 15.3. The van der Waals surface area contributed by atoms with Gasteiger partial charge in [0.25, 0.3) is 11.5 Å². The Morgan fingerprint density at radius 2 is 1.53 bits per heavy atom. The summed E-state index contributed by atoms with van der Waals surface area (Å²) in [6, 6.07) is 17.6. The van der Waals surface area contributed by atoms with Crippen LogP contribution in [0.15, 0.2) is 102 Å². The second-order valence-electron chi connectivity index (χ2n) is 11.4. The summed E-state index contributed by atoms with van der Waals surface area (Å²) in [7, 11) is 0. The van der Waals surface area contributed by atoms with Gasteiger partial charge in [0.2, 0.25) is 5.78 Å². The van der Waals surface area contributed by atoms with Crippen molar-refractivity contribution in [2.45, 2.75) is 13.0 Å². The Balaban J connectivity index is 1.21. The van der Waals surface area contributed by atoms with Crippen LogP contribution in [0.3, 0.4) is 0 Å². The van der Waals surface area contributed by atoms with Crippen molar-refractivity contribution in [1.29, 1.82) is 0 Å². The summed E-state index contributed by atoms with van der Waals surface area (Å²) in [5.74, 6) is -7.25. The Hall–Kier alpha value is -5.98. The quantitative estimate of drug-likeness (QED) is 0.0775.